The zero-order valence-electron chi connectivity index (χ0n) is 5.52. The van der Waals surface area contributed by atoms with Gasteiger partial charge in [0.15, 0.2) is 0 Å². The van der Waals surface area contributed by atoms with Crippen molar-refractivity contribution in [2.45, 2.75) is 6.18 Å². The van der Waals surface area contributed by atoms with E-state index in [9.17, 15) is 13.2 Å². The molecule has 1 nitrogen and oxygen atoms in total. The van der Waals surface area contributed by atoms with Crippen LogP contribution >= 0.6 is 0 Å². The average molecular weight is 161 g/mol. The first-order valence-corrected chi connectivity index (χ1v) is 2.97. The van der Waals surface area contributed by atoms with E-state index in [0.717, 1.165) is 6.08 Å². The van der Waals surface area contributed by atoms with Crippen molar-refractivity contribution in [3.05, 3.63) is 29.7 Å². The number of hydrogen-bond donors (Lipinski definition) is 1. The van der Waals surface area contributed by atoms with Crippen LogP contribution in [0.4, 0.5) is 13.2 Å². The topological polar surface area (TPSA) is 26.0 Å². The van der Waals surface area contributed by atoms with E-state index < -0.39 is 12.1 Å². The van der Waals surface area contributed by atoms with Gasteiger partial charge in [-0.25, -0.2) is 0 Å². The molecule has 1 aliphatic rings. The summed E-state index contributed by atoms with van der Waals surface area (Å²) in [6.45, 7) is 0. The van der Waals surface area contributed by atoms with Crippen LogP contribution in [0.25, 0.3) is 0 Å². The fourth-order valence-electron chi connectivity index (χ4n) is 0.790. The molecule has 4 heteroatoms. The zero-order chi connectivity index (χ0) is 8.48. The predicted molar refractivity (Wildman–Crippen MR) is 34.5 cm³/mol. The van der Waals surface area contributed by atoms with Crippen LogP contribution in [0.2, 0.25) is 0 Å². The van der Waals surface area contributed by atoms with E-state index in [1.54, 1.807) is 0 Å². The van der Waals surface area contributed by atoms with E-state index in [1.807, 2.05) is 0 Å². The highest BCUT2D eigenvalue weighted by atomic mass is 19.4. The highest BCUT2D eigenvalue weighted by molar-refractivity contribution is 5.21. The summed E-state index contributed by atoms with van der Waals surface area (Å²) in [6.07, 6.45) is -0.639. The van der Waals surface area contributed by atoms with Crippen LogP contribution < -0.4 is 5.73 Å². The van der Waals surface area contributed by atoms with Crippen molar-refractivity contribution in [3.63, 3.8) is 0 Å². The third kappa shape index (κ3) is 1.65. The molecular weight excluding hydrogens is 155 g/mol. The Bertz CT molecular complexity index is 243. The smallest absolute Gasteiger partial charge is 0.395 e. The molecule has 0 aromatic heterocycles. The lowest BCUT2D eigenvalue weighted by Crippen LogP contribution is -2.26. The summed E-state index contributed by atoms with van der Waals surface area (Å²) < 4.78 is 36.0. The molecule has 11 heavy (non-hydrogen) atoms. The first kappa shape index (κ1) is 7.95. The van der Waals surface area contributed by atoms with Gasteiger partial charge in [-0.2, -0.15) is 13.2 Å². The number of hydrogen-bond acceptors (Lipinski definition) is 1. The second kappa shape index (κ2) is 2.47. The lowest BCUT2D eigenvalue weighted by Gasteiger charge is -2.16. The molecular formula is C7H6F3N. The summed E-state index contributed by atoms with van der Waals surface area (Å²) in [5.74, 6) is -1.66. The summed E-state index contributed by atoms with van der Waals surface area (Å²) in [7, 11) is 0. The van der Waals surface area contributed by atoms with Crippen molar-refractivity contribution >= 4 is 0 Å². The second-order valence-corrected chi connectivity index (χ2v) is 2.17. The van der Waals surface area contributed by atoms with Gasteiger partial charge < -0.3 is 5.73 Å². The van der Waals surface area contributed by atoms with E-state index in [2.05, 4.69) is 5.73 Å². The Morgan fingerprint density at radius 1 is 1.45 bits per heavy atom. The number of alkyl halides is 3. The minimum Gasteiger partial charge on any atom is -0.395 e. The molecule has 0 radical (unpaired) electrons. The first-order chi connectivity index (χ1) is 5.02. The highest BCUT2D eigenvalue weighted by Crippen LogP contribution is 2.31. The van der Waals surface area contributed by atoms with Gasteiger partial charge in [-0.05, 0) is 6.08 Å². The van der Waals surface area contributed by atoms with Crippen LogP contribution in [0.3, 0.4) is 0 Å². The Morgan fingerprint density at radius 3 is 2.45 bits per heavy atom. The van der Waals surface area contributed by atoms with Gasteiger partial charge in [0.1, 0.15) is 5.92 Å². The molecule has 0 spiro atoms. The van der Waals surface area contributed by atoms with Crippen molar-refractivity contribution in [1.82, 2.24) is 0 Å². The van der Waals surface area contributed by atoms with E-state index in [0.29, 0.717) is 0 Å². The Kier molecular flexibility index (Phi) is 1.79. The van der Waals surface area contributed by atoms with E-state index in [4.69, 9.17) is 5.73 Å². The second-order valence-electron chi connectivity index (χ2n) is 2.17. The number of rotatable bonds is 0. The minimum atomic E-state index is -4.29. The largest absolute Gasteiger partial charge is 0.401 e. The van der Waals surface area contributed by atoms with Crippen molar-refractivity contribution < 1.29 is 13.2 Å². The maximum absolute atomic E-state index is 12.0. The van der Waals surface area contributed by atoms with Gasteiger partial charge >= 0.3 is 6.18 Å². The Balaban J connectivity index is 2.92. The third-order valence-corrected chi connectivity index (χ3v) is 1.34. The number of halogens is 3. The molecule has 1 aliphatic carbocycles. The lowest BCUT2D eigenvalue weighted by molar-refractivity contribution is -0.151. The molecule has 0 fully saturated rings. The quantitative estimate of drug-likeness (QED) is 0.538. The predicted octanol–water partition coefficient (Wildman–Crippen LogP) is 1.73. The van der Waals surface area contributed by atoms with Gasteiger partial charge in [-0.1, -0.05) is 17.9 Å². The lowest BCUT2D eigenvalue weighted by atomic mass is 10.0. The average Bonchev–Trinajstić information content (AvgIpc) is 1.86. The zero-order valence-corrected chi connectivity index (χ0v) is 5.52. The van der Waals surface area contributed by atoms with Gasteiger partial charge in [0.05, 0.1) is 5.70 Å². The summed E-state index contributed by atoms with van der Waals surface area (Å²) >= 11 is 0. The molecule has 0 aromatic carbocycles. The van der Waals surface area contributed by atoms with Crippen LogP contribution in [-0.2, 0) is 0 Å². The monoisotopic (exact) mass is 161 g/mol. The molecule has 0 bridgehead atoms. The summed E-state index contributed by atoms with van der Waals surface area (Å²) in [4.78, 5) is 0. The molecule has 0 saturated heterocycles. The number of allylic oxidation sites excluding steroid dienone is 2. The van der Waals surface area contributed by atoms with Gasteiger partial charge in [-0.15, -0.1) is 0 Å². The van der Waals surface area contributed by atoms with E-state index in [-0.39, 0.29) is 5.70 Å². The fraction of sp³-hybridized carbons (Fsp3) is 0.286. The molecule has 0 heterocycles. The molecule has 2 N–H and O–H groups in total. The van der Waals surface area contributed by atoms with Gasteiger partial charge in [0.25, 0.3) is 0 Å². The third-order valence-electron chi connectivity index (χ3n) is 1.34. The SMILES string of the molecule is NC1=C=CC=CC1C(F)(F)F. The molecule has 0 amide bonds. The van der Waals surface area contributed by atoms with Gasteiger partial charge in [0.2, 0.25) is 0 Å². The normalized spacial score (nSPS) is 23.5. The van der Waals surface area contributed by atoms with Crippen LogP contribution in [0.5, 0.6) is 0 Å². The molecule has 1 rings (SSSR count). The Labute approximate surface area is 61.7 Å². The van der Waals surface area contributed by atoms with Crippen molar-refractivity contribution in [2.75, 3.05) is 0 Å². The first-order valence-electron chi connectivity index (χ1n) is 2.97. The van der Waals surface area contributed by atoms with Crippen LogP contribution in [0.15, 0.2) is 29.7 Å². The summed E-state index contributed by atoms with van der Waals surface area (Å²) in [6, 6.07) is 0. The molecule has 1 atom stereocenters. The van der Waals surface area contributed by atoms with Crippen LogP contribution in [0.1, 0.15) is 0 Å². The summed E-state index contributed by atoms with van der Waals surface area (Å²) in [5, 5.41) is 0. The van der Waals surface area contributed by atoms with Crippen molar-refractivity contribution in [3.8, 4) is 0 Å². The molecule has 60 valence electrons. The minimum absolute atomic E-state index is 0.278. The highest BCUT2D eigenvalue weighted by Gasteiger charge is 2.39. The molecule has 0 aliphatic heterocycles. The standard InChI is InChI=1S/C7H6F3N/c8-7(9,10)5-3-1-2-4-6(5)11/h1-3,5H,11H2. The maximum atomic E-state index is 12.0. The van der Waals surface area contributed by atoms with Crippen LogP contribution in [-0.4, -0.2) is 6.18 Å². The summed E-state index contributed by atoms with van der Waals surface area (Å²) in [5.41, 5.74) is 7.09. The fourth-order valence-corrected chi connectivity index (χ4v) is 0.790. The molecule has 0 saturated carbocycles. The Morgan fingerprint density at radius 2 is 2.09 bits per heavy atom. The Hall–Kier alpha value is -1.15. The number of nitrogens with two attached hydrogens (primary N) is 1. The van der Waals surface area contributed by atoms with E-state index in [1.165, 1.54) is 12.2 Å². The van der Waals surface area contributed by atoms with E-state index >= 15 is 0 Å². The maximum Gasteiger partial charge on any atom is 0.401 e. The molecule has 0 aromatic rings. The van der Waals surface area contributed by atoms with Gasteiger partial charge in [0, 0.05) is 0 Å². The van der Waals surface area contributed by atoms with Crippen LogP contribution in [0, 0.1) is 5.92 Å². The van der Waals surface area contributed by atoms with Crippen molar-refractivity contribution in [2.24, 2.45) is 11.7 Å². The van der Waals surface area contributed by atoms with Gasteiger partial charge in [-0.3, -0.25) is 0 Å². The molecule has 1 unspecified atom stereocenters. The van der Waals surface area contributed by atoms with Crippen molar-refractivity contribution in [1.29, 1.82) is 0 Å².